The maximum Gasteiger partial charge on any atom is 0.306 e. The molecule has 0 saturated heterocycles. The van der Waals surface area contributed by atoms with E-state index in [0.29, 0.717) is 17.9 Å². The van der Waals surface area contributed by atoms with Crippen LogP contribution in [0.15, 0.2) is 54.6 Å². The van der Waals surface area contributed by atoms with Gasteiger partial charge in [-0.15, -0.1) is 0 Å². The third kappa shape index (κ3) is 12.8. The average molecular weight is 557 g/mol. The van der Waals surface area contributed by atoms with Crippen molar-refractivity contribution in [2.75, 3.05) is 26.4 Å². The van der Waals surface area contributed by atoms with Crippen LogP contribution in [0.2, 0.25) is 0 Å². The fourth-order valence-electron chi connectivity index (χ4n) is 4.11. The van der Waals surface area contributed by atoms with Crippen LogP contribution in [-0.4, -0.2) is 43.3 Å². The van der Waals surface area contributed by atoms with Crippen LogP contribution in [-0.2, 0) is 14.3 Å². The summed E-state index contributed by atoms with van der Waals surface area (Å²) in [6, 6.07) is 12.1. The molecule has 1 unspecified atom stereocenters. The molecule has 0 radical (unpaired) electrons. The number of Topliss-reactive ketones (excluding diaryl/α,β-unsaturated/α-hetero) is 1. The Morgan fingerprint density at radius 2 is 1.55 bits per heavy atom. The molecule has 220 valence electrons. The summed E-state index contributed by atoms with van der Waals surface area (Å²) in [5.74, 6) is -0.661. The van der Waals surface area contributed by atoms with Gasteiger partial charge in [-0.3, -0.25) is 9.59 Å². The predicted molar refractivity (Wildman–Crippen MR) is 156 cm³/mol. The Hall–Kier alpha value is -3.19. The van der Waals surface area contributed by atoms with E-state index in [2.05, 4.69) is 13.5 Å². The number of ether oxygens (including phenoxy) is 3. The number of allylic oxidation sites excluding steroid dienone is 1. The summed E-state index contributed by atoms with van der Waals surface area (Å²) in [6.07, 6.45) is 9.70. The smallest absolute Gasteiger partial charge is 0.306 e. The first kappa shape index (κ1) is 33.0. The van der Waals surface area contributed by atoms with Crippen LogP contribution >= 0.6 is 0 Å². The largest absolute Gasteiger partial charge is 0.493 e. The molecule has 0 aromatic heterocycles. The van der Waals surface area contributed by atoms with Crippen molar-refractivity contribution in [1.29, 1.82) is 0 Å². The van der Waals surface area contributed by atoms with Gasteiger partial charge in [-0.05, 0) is 54.3 Å². The Labute approximate surface area is 238 Å². The summed E-state index contributed by atoms with van der Waals surface area (Å²) in [5, 5.41) is 9.61. The number of esters is 1. The molecule has 0 bridgehead atoms. The minimum absolute atomic E-state index is 0.0159. The topological polar surface area (TPSA) is 82.1 Å². The highest BCUT2D eigenvalue weighted by atomic mass is 19.1. The first-order valence-electron chi connectivity index (χ1n) is 14.4. The molecule has 1 atom stereocenters. The highest BCUT2D eigenvalue weighted by Crippen LogP contribution is 2.27. The number of carbonyl (C=O) groups is 2. The van der Waals surface area contributed by atoms with E-state index in [-0.39, 0.29) is 50.0 Å². The van der Waals surface area contributed by atoms with Gasteiger partial charge < -0.3 is 19.3 Å². The number of aliphatic hydroxyl groups excluding tert-OH is 1. The molecule has 2 aromatic rings. The van der Waals surface area contributed by atoms with Gasteiger partial charge in [0.1, 0.15) is 5.75 Å². The first-order chi connectivity index (χ1) is 19.3. The summed E-state index contributed by atoms with van der Waals surface area (Å²) in [6.45, 7) is 7.76. The number of rotatable bonds is 21. The first-order valence-corrected chi connectivity index (χ1v) is 14.4. The quantitative estimate of drug-likeness (QED) is 0.0976. The maximum absolute atomic E-state index is 14.6. The Morgan fingerprint density at radius 1 is 0.900 bits per heavy atom. The molecule has 6 nitrogen and oxygen atoms in total. The van der Waals surface area contributed by atoms with Crippen molar-refractivity contribution in [3.05, 3.63) is 60.4 Å². The molecule has 0 heterocycles. The molecule has 2 rings (SSSR count). The lowest BCUT2D eigenvalue weighted by molar-refractivity contribution is -0.145. The van der Waals surface area contributed by atoms with Crippen LogP contribution in [0.4, 0.5) is 4.39 Å². The molecule has 0 spiro atoms. The number of unbranched alkanes of at least 4 members (excludes halogenated alkanes) is 7. The van der Waals surface area contributed by atoms with Crippen LogP contribution in [0, 0.1) is 11.7 Å². The molecule has 0 aliphatic carbocycles. The molecule has 0 aliphatic heterocycles. The fourth-order valence-corrected chi connectivity index (χ4v) is 4.11. The Bertz CT molecular complexity index is 1050. The number of carbonyl (C=O) groups excluding carboxylic acids is 2. The third-order valence-electron chi connectivity index (χ3n) is 6.64. The van der Waals surface area contributed by atoms with E-state index in [1.54, 1.807) is 25.1 Å². The molecular formula is C33H45FO6. The van der Waals surface area contributed by atoms with Crippen molar-refractivity contribution in [3.8, 4) is 22.6 Å². The zero-order valence-electron chi connectivity index (χ0n) is 24.1. The van der Waals surface area contributed by atoms with Crippen molar-refractivity contribution in [3.63, 3.8) is 0 Å². The molecule has 0 fully saturated rings. The second-order valence-electron chi connectivity index (χ2n) is 10.2. The number of halogens is 1. The van der Waals surface area contributed by atoms with E-state index in [1.165, 1.54) is 44.6 Å². The van der Waals surface area contributed by atoms with Crippen molar-refractivity contribution >= 4 is 11.8 Å². The number of hydrogen-bond acceptors (Lipinski definition) is 6. The van der Waals surface area contributed by atoms with Crippen molar-refractivity contribution < 1.29 is 33.3 Å². The lowest BCUT2D eigenvalue weighted by Crippen LogP contribution is -2.21. The molecule has 0 amide bonds. The van der Waals surface area contributed by atoms with E-state index in [4.69, 9.17) is 14.2 Å². The number of aliphatic hydroxyl groups is 1. The summed E-state index contributed by atoms with van der Waals surface area (Å²) in [7, 11) is 0. The predicted octanol–water partition coefficient (Wildman–Crippen LogP) is 7.47. The van der Waals surface area contributed by atoms with Crippen LogP contribution in [0.3, 0.4) is 0 Å². The third-order valence-corrected chi connectivity index (χ3v) is 6.64. The van der Waals surface area contributed by atoms with Gasteiger partial charge in [0.15, 0.2) is 17.3 Å². The molecule has 0 saturated carbocycles. The Balaban J connectivity index is 1.74. The minimum atomic E-state index is -0.500. The van der Waals surface area contributed by atoms with Gasteiger partial charge >= 0.3 is 5.97 Å². The zero-order valence-corrected chi connectivity index (χ0v) is 24.1. The van der Waals surface area contributed by atoms with Gasteiger partial charge in [0.25, 0.3) is 0 Å². The van der Waals surface area contributed by atoms with E-state index in [9.17, 15) is 19.1 Å². The molecular weight excluding hydrogens is 511 g/mol. The number of benzene rings is 2. The van der Waals surface area contributed by atoms with E-state index >= 15 is 0 Å². The fraction of sp³-hybridized carbons (Fsp3) is 0.515. The van der Waals surface area contributed by atoms with Gasteiger partial charge in [-0.2, -0.15) is 0 Å². The highest BCUT2D eigenvalue weighted by molar-refractivity contribution is 5.94. The van der Waals surface area contributed by atoms with E-state index in [1.807, 2.05) is 18.2 Å². The highest BCUT2D eigenvalue weighted by Gasteiger charge is 2.16. The van der Waals surface area contributed by atoms with E-state index in [0.717, 1.165) is 24.0 Å². The van der Waals surface area contributed by atoms with Gasteiger partial charge in [0, 0.05) is 18.9 Å². The zero-order chi connectivity index (χ0) is 29.2. The van der Waals surface area contributed by atoms with Crippen LogP contribution in [0.1, 0.15) is 78.1 Å². The van der Waals surface area contributed by atoms with Crippen LogP contribution < -0.4 is 9.47 Å². The second kappa shape index (κ2) is 19.0. The second-order valence-corrected chi connectivity index (χ2v) is 10.2. The van der Waals surface area contributed by atoms with Crippen molar-refractivity contribution in [2.45, 2.75) is 78.1 Å². The maximum atomic E-state index is 14.6. The van der Waals surface area contributed by atoms with Gasteiger partial charge in [-0.1, -0.05) is 76.6 Å². The number of hydrogen-bond donors (Lipinski definition) is 1. The Morgan fingerprint density at radius 3 is 2.17 bits per heavy atom. The lowest BCUT2D eigenvalue weighted by Gasteiger charge is -2.15. The normalized spacial score (nSPS) is 11.6. The lowest BCUT2D eigenvalue weighted by atomic mass is 10.1. The molecule has 2 aromatic carbocycles. The summed E-state index contributed by atoms with van der Waals surface area (Å²) in [5.41, 5.74) is 1.97. The Kier molecular flexibility index (Phi) is 15.7. The van der Waals surface area contributed by atoms with Crippen LogP contribution in [0.5, 0.6) is 11.5 Å². The van der Waals surface area contributed by atoms with Gasteiger partial charge in [0.2, 0.25) is 0 Å². The van der Waals surface area contributed by atoms with Crippen molar-refractivity contribution in [2.24, 2.45) is 5.92 Å². The molecule has 40 heavy (non-hydrogen) atoms. The molecule has 0 aliphatic rings. The SMILES string of the molecule is C=C(C)C(=O)CCOC(=O)CC(CO)COc1ccc(-c2ccc(OCCCCCCCCCC)c(F)c2)cc1. The van der Waals surface area contributed by atoms with Crippen LogP contribution in [0.25, 0.3) is 11.1 Å². The van der Waals surface area contributed by atoms with Gasteiger partial charge in [-0.25, -0.2) is 4.39 Å². The van der Waals surface area contributed by atoms with E-state index < -0.39 is 11.9 Å². The van der Waals surface area contributed by atoms with Gasteiger partial charge in [0.05, 0.1) is 26.2 Å². The summed E-state index contributed by atoms with van der Waals surface area (Å²) < 4.78 is 31.1. The number of ketones is 1. The standard InChI is InChI=1S/C33H45FO6/c1-4-5-6-7-8-9-10-11-19-38-32-17-14-28(22-30(32)34)27-12-15-29(16-13-27)40-24-26(23-35)21-33(37)39-20-18-31(36)25(2)3/h12-17,22,26,35H,2,4-11,18-21,23-24H2,1,3H3. The average Bonchev–Trinajstić information content (AvgIpc) is 2.95. The molecule has 7 heteroatoms. The van der Waals surface area contributed by atoms with Crippen molar-refractivity contribution in [1.82, 2.24) is 0 Å². The summed E-state index contributed by atoms with van der Waals surface area (Å²) in [4.78, 5) is 23.5. The monoisotopic (exact) mass is 556 g/mol. The molecule has 1 N–H and O–H groups in total. The summed E-state index contributed by atoms with van der Waals surface area (Å²) >= 11 is 0. The minimum Gasteiger partial charge on any atom is -0.493 e.